The lowest BCUT2D eigenvalue weighted by molar-refractivity contribution is 0.279. The molecule has 36 heavy (non-hydrogen) atoms. The minimum absolute atomic E-state index is 0.0897. The largest absolute Gasteiger partial charge is 0.296 e. The number of likely N-dealkylation sites (tertiary alicyclic amines) is 1. The Kier molecular flexibility index (Phi) is 4.83. The molecule has 0 radical (unpaired) electrons. The maximum atomic E-state index is 13.5. The summed E-state index contributed by atoms with van der Waals surface area (Å²) >= 11 is 0. The number of halogens is 1. The third kappa shape index (κ3) is 3.30. The van der Waals surface area contributed by atoms with E-state index in [9.17, 15) is 4.39 Å². The van der Waals surface area contributed by atoms with Gasteiger partial charge in [-0.15, -0.1) is 0 Å². The van der Waals surface area contributed by atoms with E-state index in [4.69, 9.17) is 0 Å². The van der Waals surface area contributed by atoms with Crippen LogP contribution in [0.15, 0.2) is 97.3 Å². The summed E-state index contributed by atoms with van der Waals surface area (Å²) in [5.74, 6) is 0.852. The predicted octanol–water partition coefficient (Wildman–Crippen LogP) is 6.04. The van der Waals surface area contributed by atoms with Crippen LogP contribution < -0.4 is 0 Å². The molecule has 3 aromatic carbocycles. The number of aromatic nitrogens is 3. The molecule has 1 saturated heterocycles. The number of benzene rings is 3. The van der Waals surface area contributed by atoms with Crippen LogP contribution in [0.5, 0.6) is 0 Å². The molecular weight excluding hydrogens is 447 g/mol. The molecular formula is C31H27FN4. The Bertz CT molecular complexity index is 1540. The van der Waals surface area contributed by atoms with Crippen LogP contribution in [0.4, 0.5) is 4.39 Å². The summed E-state index contributed by atoms with van der Waals surface area (Å²) in [6.45, 7) is 5.20. The minimum atomic E-state index is -0.240. The van der Waals surface area contributed by atoms with Crippen molar-refractivity contribution in [3.8, 4) is 5.69 Å². The molecule has 0 unspecified atom stereocenters. The van der Waals surface area contributed by atoms with Crippen LogP contribution in [0.25, 0.3) is 16.6 Å². The van der Waals surface area contributed by atoms with E-state index in [1.54, 1.807) is 12.1 Å². The van der Waals surface area contributed by atoms with Crippen molar-refractivity contribution in [3.63, 3.8) is 0 Å². The smallest absolute Gasteiger partial charge is 0.123 e. The van der Waals surface area contributed by atoms with Crippen LogP contribution >= 0.6 is 0 Å². The van der Waals surface area contributed by atoms with Crippen molar-refractivity contribution in [2.45, 2.75) is 24.8 Å². The van der Waals surface area contributed by atoms with Gasteiger partial charge in [-0.3, -0.25) is 9.88 Å². The highest BCUT2D eigenvalue weighted by Gasteiger charge is 2.70. The second-order valence-electron chi connectivity index (χ2n) is 10.3. The van der Waals surface area contributed by atoms with Crippen molar-refractivity contribution in [3.05, 3.63) is 126 Å². The number of aryl methyl sites for hydroxylation is 1. The van der Waals surface area contributed by atoms with E-state index in [1.165, 1.54) is 28.8 Å². The molecule has 178 valence electrons. The van der Waals surface area contributed by atoms with Crippen LogP contribution in [0.2, 0.25) is 0 Å². The fraction of sp³-hybridized carbons (Fsp3) is 0.226. The Balaban J connectivity index is 1.29. The third-order valence-corrected chi connectivity index (χ3v) is 8.21. The molecule has 5 heteroatoms. The Hall–Kier alpha value is -3.83. The van der Waals surface area contributed by atoms with Crippen LogP contribution in [-0.2, 0) is 12.0 Å². The fourth-order valence-corrected chi connectivity index (χ4v) is 6.67. The first-order chi connectivity index (χ1) is 17.6. The lowest BCUT2D eigenvalue weighted by Gasteiger charge is -2.25. The molecule has 0 bridgehead atoms. The zero-order valence-corrected chi connectivity index (χ0v) is 20.2. The number of nitrogens with zero attached hydrogens (tertiary/aromatic N) is 4. The average molecular weight is 475 g/mol. The summed E-state index contributed by atoms with van der Waals surface area (Å²) in [5.41, 5.74) is 7.28. The first-order valence-corrected chi connectivity index (χ1v) is 12.6. The second kappa shape index (κ2) is 8.10. The van der Waals surface area contributed by atoms with Crippen LogP contribution in [0, 0.1) is 18.7 Å². The zero-order chi connectivity index (χ0) is 24.3. The van der Waals surface area contributed by atoms with Crippen molar-refractivity contribution < 1.29 is 4.39 Å². The number of hydrogen-bond donors (Lipinski definition) is 0. The van der Waals surface area contributed by atoms with Crippen molar-refractivity contribution >= 4 is 10.9 Å². The summed E-state index contributed by atoms with van der Waals surface area (Å²) in [7, 11) is 0. The molecule has 2 aliphatic rings. The Morgan fingerprint density at radius 3 is 2.56 bits per heavy atom. The lowest BCUT2D eigenvalue weighted by atomic mass is 9.86. The van der Waals surface area contributed by atoms with E-state index in [1.807, 2.05) is 23.1 Å². The van der Waals surface area contributed by atoms with Gasteiger partial charge in [-0.25, -0.2) is 9.07 Å². The molecule has 0 N–H and O–H groups in total. The van der Waals surface area contributed by atoms with E-state index in [2.05, 4.69) is 76.5 Å². The number of fused-ring (bicyclic) bond motifs is 2. The summed E-state index contributed by atoms with van der Waals surface area (Å²) in [6.07, 6.45) is 3.82. The highest BCUT2D eigenvalue weighted by Crippen LogP contribution is 2.69. The Morgan fingerprint density at radius 2 is 1.78 bits per heavy atom. The van der Waals surface area contributed by atoms with Crippen molar-refractivity contribution in [1.82, 2.24) is 19.7 Å². The first-order valence-electron chi connectivity index (χ1n) is 12.6. The van der Waals surface area contributed by atoms with Gasteiger partial charge in [-0.05, 0) is 78.1 Å². The summed E-state index contributed by atoms with van der Waals surface area (Å²) < 4.78 is 15.4. The summed E-state index contributed by atoms with van der Waals surface area (Å²) in [6, 6.07) is 28.3. The topological polar surface area (TPSA) is 34.0 Å². The SMILES string of the molecule is Cc1cc2c(cnn2-c2ccc(F)cc2)cc1[C@]12CN(Cc3ccccn3)C[C@H]1[C@@H]2c1ccccc1. The second-order valence-corrected chi connectivity index (χ2v) is 10.3. The molecule has 3 heterocycles. The van der Waals surface area contributed by atoms with Gasteiger partial charge in [0.15, 0.2) is 0 Å². The molecule has 2 fully saturated rings. The van der Waals surface area contributed by atoms with Gasteiger partial charge >= 0.3 is 0 Å². The number of rotatable bonds is 5. The van der Waals surface area contributed by atoms with Crippen molar-refractivity contribution in [2.24, 2.45) is 5.92 Å². The molecule has 3 atom stereocenters. The quantitative estimate of drug-likeness (QED) is 0.312. The van der Waals surface area contributed by atoms with Gasteiger partial charge in [0.2, 0.25) is 0 Å². The molecule has 0 spiro atoms. The third-order valence-electron chi connectivity index (χ3n) is 8.21. The van der Waals surface area contributed by atoms with E-state index in [0.717, 1.165) is 41.9 Å². The van der Waals surface area contributed by atoms with Gasteiger partial charge in [-0.2, -0.15) is 5.10 Å². The number of hydrogen-bond acceptors (Lipinski definition) is 3. The van der Waals surface area contributed by atoms with Gasteiger partial charge in [0.05, 0.1) is 23.1 Å². The van der Waals surface area contributed by atoms with E-state index in [0.29, 0.717) is 11.8 Å². The van der Waals surface area contributed by atoms with Gasteiger partial charge < -0.3 is 0 Å². The first kappa shape index (κ1) is 21.5. The zero-order valence-electron chi connectivity index (χ0n) is 20.2. The summed E-state index contributed by atoms with van der Waals surface area (Å²) in [4.78, 5) is 7.14. The molecule has 0 amide bonds. The van der Waals surface area contributed by atoms with Crippen molar-refractivity contribution in [2.75, 3.05) is 13.1 Å². The van der Waals surface area contributed by atoms with E-state index >= 15 is 0 Å². The average Bonchev–Trinajstić information content (AvgIpc) is 3.15. The molecule has 4 nitrogen and oxygen atoms in total. The maximum Gasteiger partial charge on any atom is 0.123 e. The van der Waals surface area contributed by atoms with E-state index in [-0.39, 0.29) is 11.2 Å². The number of pyridine rings is 1. The highest BCUT2D eigenvalue weighted by molar-refractivity contribution is 5.83. The van der Waals surface area contributed by atoms with Gasteiger partial charge in [-0.1, -0.05) is 36.4 Å². The molecule has 1 aliphatic heterocycles. The highest BCUT2D eigenvalue weighted by atomic mass is 19.1. The lowest BCUT2D eigenvalue weighted by Crippen LogP contribution is -2.29. The van der Waals surface area contributed by atoms with Crippen molar-refractivity contribution in [1.29, 1.82) is 0 Å². The minimum Gasteiger partial charge on any atom is -0.296 e. The van der Waals surface area contributed by atoms with Gasteiger partial charge in [0, 0.05) is 42.6 Å². The molecule has 1 aliphatic carbocycles. The molecule has 2 aromatic heterocycles. The fourth-order valence-electron chi connectivity index (χ4n) is 6.67. The van der Waals surface area contributed by atoms with Crippen LogP contribution in [0.1, 0.15) is 28.3 Å². The van der Waals surface area contributed by atoms with Gasteiger partial charge in [0.25, 0.3) is 0 Å². The Morgan fingerprint density at radius 1 is 0.972 bits per heavy atom. The standard InChI is InChI=1S/C31H27FN4/c1-21-15-29-23(17-34-36(29)26-12-10-24(32)11-13-26)16-27(21)31-20-35(18-25-9-5-6-14-33-25)19-28(31)30(31)22-7-3-2-4-8-22/h2-17,28,30H,18-20H2,1H3/t28-,30-,31+/m0/s1. The van der Waals surface area contributed by atoms with Crippen LogP contribution in [-0.4, -0.2) is 32.8 Å². The maximum absolute atomic E-state index is 13.5. The molecule has 7 rings (SSSR count). The van der Waals surface area contributed by atoms with Gasteiger partial charge in [0.1, 0.15) is 5.82 Å². The molecule has 5 aromatic rings. The Labute approximate surface area is 210 Å². The van der Waals surface area contributed by atoms with Crippen LogP contribution in [0.3, 0.4) is 0 Å². The molecule has 1 saturated carbocycles. The van der Waals surface area contributed by atoms with E-state index < -0.39 is 0 Å². The summed E-state index contributed by atoms with van der Waals surface area (Å²) in [5, 5.41) is 5.78. The monoisotopic (exact) mass is 474 g/mol. The predicted molar refractivity (Wildman–Crippen MR) is 140 cm³/mol. The number of piperidine rings is 1. The normalized spacial score (nSPS) is 23.2.